The zero-order valence-electron chi connectivity index (χ0n) is 9.58. The summed E-state index contributed by atoms with van der Waals surface area (Å²) in [5.41, 5.74) is -1.23. The van der Waals surface area contributed by atoms with Gasteiger partial charge in [0.1, 0.15) is 5.60 Å². The molecule has 3 nitrogen and oxygen atoms in total. The lowest BCUT2D eigenvalue weighted by atomic mass is 10.1. The number of amides is 1. The minimum Gasteiger partial charge on any atom is -0.381 e. The monoisotopic (exact) mass is 199 g/mol. The molecule has 2 unspecified atom stereocenters. The smallest absolute Gasteiger partial charge is 0.254 e. The van der Waals surface area contributed by atoms with Crippen LogP contribution in [0.5, 0.6) is 0 Å². The van der Waals surface area contributed by atoms with Crippen LogP contribution in [0.15, 0.2) is 0 Å². The van der Waals surface area contributed by atoms with E-state index >= 15 is 0 Å². The molecule has 14 heavy (non-hydrogen) atoms. The first-order chi connectivity index (χ1) is 6.38. The molecule has 1 heterocycles. The summed E-state index contributed by atoms with van der Waals surface area (Å²) in [6.07, 6.45) is 3.10. The summed E-state index contributed by atoms with van der Waals surface area (Å²) >= 11 is 0. The van der Waals surface area contributed by atoms with Crippen LogP contribution >= 0.6 is 0 Å². The minimum absolute atomic E-state index is 0.130. The molecule has 3 heteroatoms. The maximum atomic E-state index is 11.9. The number of carbonyl (C=O) groups is 1. The first-order valence-electron chi connectivity index (χ1n) is 5.43. The van der Waals surface area contributed by atoms with Crippen LogP contribution in [0, 0.1) is 0 Å². The molecule has 0 aliphatic carbocycles. The van der Waals surface area contributed by atoms with Crippen molar-refractivity contribution in [1.29, 1.82) is 0 Å². The molecule has 2 atom stereocenters. The zero-order valence-corrected chi connectivity index (χ0v) is 9.58. The molecule has 1 N–H and O–H groups in total. The van der Waals surface area contributed by atoms with Crippen LogP contribution in [0.1, 0.15) is 47.0 Å². The highest BCUT2D eigenvalue weighted by Gasteiger charge is 2.39. The van der Waals surface area contributed by atoms with E-state index in [1.807, 2.05) is 4.90 Å². The molecule has 1 amide bonds. The second-order valence-electron chi connectivity index (χ2n) is 4.76. The summed E-state index contributed by atoms with van der Waals surface area (Å²) in [5, 5.41) is 9.69. The Hall–Kier alpha value is -0.570. The Balaban J connectivity index is 2.79. The molecule has 0 aromatic heterocycles. The third-order valence-corrected chi connectivity index (χ3v) is 3.02. The van der Waals surface area contributed by atoms with Gasteiger partial charge in [0, 0.05) is 12.1 Å². The zero-order chi connectivity index (χ0) is 10.9. The Morgan fingerprint density at radius 1 is 1.50 bits per heavy atom. The van der Waals surface area contributed by atoms with Crippen LogP contribution in [0.2, 0.25) is 0 Å². The van der Waals surface area contributed by atoms with Crippen LogP contribution in [0.25, 0.3) is 0 Å². The molecule has 0 bridgehead atoms. The van der Waals surface area contributed by atoms with Gasteiger partial charge in [0.15, 0.2) is 0 Å². The normalized spacial score (nSPS) is 28.2. The molecule has 0 saturated carbocycles. The molecule has 0 radical (unpaired) electrons. The molecule has 0 aromatic rings. The molecule has 1 aliphatic heterocycles. The maximum Gasteiger partial charge on any atom is 0.254 e. The van der Waals surface area contributed by atoms with E-state index < -0.39 is 5.60 Å². The summed E-state index contributed by atoms with van der Waals surface area (Å²) in [5.74, 6) is -0.130. The van der Waals surface area contributed by atoms with Crippen LogP contribution in [0.3, 0.4) is 0 Å². The predicted molar refractivity (Wildman–Crippen MR) is 55.9 cm³/mol. The highest BCUT2D eigenvalue weighted by atomic mass is 16.3. The van der Waals surface area contributed by atoms with E-state index in [0.29, 0.717) is 6.04 Å². The average molecular weight is 199 g/mol. The third kappa shape index (κ3) is 2.08. The van der Waals surface area contributed by atoms with E-state index in [0.717, 1.165) is 19.3 Å². The van der Waals surface area contributed by atoms with E-state index in [9.17, 15) is 9.90 Å². The first kappa shape index (κ1) is 11.5. The number of hydrogen-bond acceptors (Lipinski definition) is 2. The molecule has 1 aliphatic rings. The summed E-state index contributed by atoms with van der Waals surface area (Å²) in [6, 6.07) is 0.600. The van der Waals surface area contributed by atoms with Gasteiger partial charge < -0.3 is 10.0 Å². The fraction of sp³-hybridized carbons (Fsp3) is 0.909. The van der Waals surface area contributed by atoms with Crippen molar-refractivity contribution in [1.82, 2.24) is 4.90 Å². The fourth-order valence-electron chi connectivity index (χ4n) is 2.15. The number of likely N-dealkylation sites (tertiary alicyclic amines) is 1. The van der Waals surface area contributed by atoms with Crippen LogP contribution in [-0.2, 0) is 4.79 Å². The van der Waals surface area contributed by atoms with Crippen LogP contribution in [0.4, 0.5) is 0 Å². The van der Waals surface area contributed by atoms with E-state index in [1.54, 1.807) is 13.8 Å². The lowest BCUT2D eigenvalue weighted by molar-refractivity contribution is -0.150. The van der Waals surface area contributed by atoms with Crippen LogP contribution < -0.4 is 0 Å². The first-order valence-corrected chi connectivity index (χ1v) is 5.43. The molecule has 0 aromatic carbocycles. The van der Waals surface area contributed by atoms with Gasteiger partial charge in [-0.25, -0.2) is 0 Å². The van der Waals surface area contributed by atoms with Crippen molar-refractivity contribution in [2.24, 2.45) is 0 Å². The predicted octanol–water partition coefficient (Wildman–Crippen LogP) is 1.55. The number of rotatable bonds is 2. The van der Waals surface area contributed by atoms with Gasteiger partial charge in [0.2, 0.25) is 0 Å². The quantitative estimate of drug-likeness (QED) is 0.733. The average Bonchev–Trinajstić information content (AvgIpc) is 2.43. The van der Waals surface area contributed by atoms with Gasteiger partial charge in [-0.15, -0.1) is 0 Å². The Morgan fingerprint density at radius 3 is 2.50 bits per heavy atom. The van der Waals surface area contributed by atoms with Gasteiger partial charge in [-0.1, -0.05) is 6.92 Å². The summed E-state index contributed by atoms with van der Waals surface area (Å²) in [6.45, 7) is 7.27. The molecular weight excluding hydrogens is 178 g/mol. The van der Waals surface area contributed by atoms with Gasteiger partial charge in [0.05, 0.1) is 0 Å². The van der Waals surface area contributed by atoms with Gasteiger partial charge >= 0.3 is 0 Å². The maximum absolute atomic E-state index is 11.9. The van der Waals surface area contributed by atoms with Crippen molar-refractivity contribution in [3.63, 3.8) is 0 Å². The number of hydrogen-bond donors (Lipinski definition) is 1. The number of carbonyl (C=O) groups excluding carboxylic acids is 1. The summed E-state index contributed by atoms with van der Waals surface area (Å²) < 4.78 is 0. The van der Waals surface area contributed by atoms with Crippen LogP contribution in [-0.4, -0.2) is 33.6 Å². The minimum atomic E-state index is -1.23. The lowest BCUT2D eigenvalue weighted by Crippen LogP contribution is -2.49. The fourth-order valence-corrected chi connectivity index (χ4v) is 2.15. The molecule has 1 rings (SSSR count). The Labute approximate surface area is 86.1 Å². The van der Waals surface area contributed by atoms with Gasteiger partial charge in [-0.3, -0.25) is 4.79 Å². The molecule has 0 spiro atoms. The topological polar surface area (TPSA) is 40.5 Å². The largest absolute Gasteiger partial charge is 0.381 e. The molecule has 82 valence electrons. The molecule has 1 fully saturated rings. The van der Waals surface area contributed by atoms with E-state index in [2.05, 4.69) is 13.8 Å². The summed E-state index contributed by atoms with van der Waals surface area (Å²) in [7, 11) is 0. The molecular formula is C11H21NO2. The van der Waals surface area contributed by atoms with Gasteiger partial charge in [-0.2, -0.15) is 0 Å². The van der Waals surface area contributed by atoms with E-state index in [1.165, 1.54) is 0 Å². The Bertz CT molecular complexity index is 220. The Kier molecular flexibility index (Phi) is 3.20. The standard InChI is InChI=1S/C11H21NO2/c1-5-9-7-6-8(2)12(9)10(13)11(3,4)14/h8-9,14H,5-7H2,1-4H3. The molecule has 1 saturated heterocycles. The number of aliphatic hydroxyl groups is 1. The van der Waals surface area contributed by atoms with Crippen molar-refractivity contribution in [2.75, 3.05) is 0 Å². The van der Waals surface area contributed by atoms with Crippen molar-refractivity contribution in [2.45, 2.75) is 64.6 Å². The van der Waals surface area contributed by atoms with Crippen molar-refractivity contribution in [3.8, 4) is 0 Å². The van der Waals surface area contributed by atoms with E-state index in [4.69, 9.17) is 0 Å². The van der Waals surface area contributed by atoms with Gasteiger partial charge in [-0.05, 0) is 40.0 Å². The van der Waals surface area contributed by atoms with Crippen molar-refractivity contribution >= 4 is 5.91 Å². The van der Waals surface area contributed by atoms with Crippen molar-refractivity contribution in [3.05, 3.63) is 0 Å². The second-order valence-corrected chi connectivity index (χ2v) is 4.76. The highest BCUT2D eigenvalue weighted by molar-refractivity contribution is 5.84. The highest BCUT2D eigenvalue weighted by Crippen LogP contribution is 2.28. The van der Waals surface area contributed by atoms with Crippen molar-refractivity contribution < 1.29 is 9.90 Å². The lowest BCUT2D eigenvalue weighted by Gasteiger charge is -2.32. The SMILES string of the molecule is CCC1CCC(C)N1C(=O)C(C)(C)O. The summed E-state index contributed by atoms with van der Waals surface area (Å²) in [4.78, 5) is 13.8. The van der Waals surface area contributed by atoms with Gasteiger partial charge in [0.25, 0.3) is 5.91 Å². The Morgan fingerprint density at radius 2 is 2.07 bits per heavy atom. The third-order valence-electron chi connectivity index (χ3n) is 3.02. The second kappa shape index (κ2) is 3.89. The number of nitrogens with zero attached hydrogens (tertiary/aromatic N) is 1. The van der Waals surface area contributed by atoms with E-state index in [-0.39, 0.29) is 11.9 Å².